The van der Waals surface area contributed by atoms with Gasteiger partial charge in [-0.15, -0.1) is 0 Å². The van der Waals surface area contributed by atoms with Crippen LogP contribution < -0.4 is 0 Å². The Bertz CT molecular complexity index is 304. The maximum atomic E-state index is 12.1. The highest BCUT2D eigenvalue weighted by molar-refractivity contribution is 5.88. The number of hydrogen-bond donors (Lipinski definition) is 0. The van der Waals surface area contributed by atoms with Crippen LogP contribution in [0.5, 0.6) is 0 Å². The zero-order valence-electron chi connectivity index (χ0n) is 8.72. The van der Waals surface area contributed by atoms with Gasteiger partial charge in [-0.05, 0) is 37.5 Å². The Hall–Kier alpha value is -0.590. The number of carbonyl (C=O) groups excluding carboxylic acids is 1. The first kappa shape index (κ1) is 8.70. The summed E-state index contributed by atoms with van der Waals surface area (Å²) in [5.74, 6) is 0.585. The zero-order chi connectivity index (χ0) is 9.65. The molecule has 0 heterocycles. The van der Waals surface area contributed by atoms with Crippen LogP contribution in [-0.4, -0.2) is 5.78 Å². The molecule has 0 saturated heterocycles. The normalized spacial score (nSPS) is 46.1. The molecule has 0 bridgehead atoms. The van der Waals surface area contributed by atoms with Crippen molar-refractivity contribution in [1.29, 1.82) is 0 Å². The van der Waals surface area contributed by atoms with Crippen LogP contribution in [0.2, 0.25) is 0 Å². The molecule has 2 atom stereocenters. The number of allylic oxidation sites excluding steroid dienone is 2. The van der Waals surface area contributed by atoms with Gasteiger partial charge in [-0.25, -0.2) is 0 Å². The van der Waals surface area contributed by atoms with E-state index in [2.05, 4.69) is 12.2 Å². The Kier molecular flexibility index (Phi) is 1.68. The number of carbonyl (C=O) groups is 1. The fourth-order valence-electron chi connectivity index (χ4n) is 4.21. The van der Waals surface area contributed by atoms with Gasteiger partial charge in [-0.1, -0.05) is 25.0 Å². The summed E-state index contributed by atoms with van der Waals surface area (Å²) in [5.41, 5.74) is 0.497. The van der Waals surface area contributed by atoms with Gasteiger partial charge < -0.3 is 0 Å². The summed E-state index contributed by atoms with van der Waals surface area (Å²) in [6, 6.07) is 0. The fourth-order valence-corrected chi connectivity index (χ4v) is 4.21. The first-order valence-electron chi connectivity index (χ1n) is 5.98. The Morgan fingerprint density at radius 2 is 1.79 bits per heavy atom. The first-order chi connectivity index (χ1) is 6.79. The van der Waals surface area contributed by atoms with Crippen LogP contribution in [0.3, 0.4) is 0 Å². The predicted octanol–water partition coefficient (Wildman–Crippen LogP) is 3.25. The van der Waals surface area contributed by atoms with E-state index in [1.165, 1.54) is 38.5 Å². The number of hydrogen-bond acceptors (Lipinski definition) is 1. The van der Waals surface area contributed by atoms with Crippen molar-refractivity contribution in [2.75, 3.05) is 0 Å². The monoisotopic (exact) mass is 190 g/mol. The lowest BCUT2D eigenvalue weighted by atomic mass is 9.53. The van der Waals surface area contributed by atoms with Gasteiger partial charge in [-0.3, -0.25) is 4.79 Å². The SMILES string of the molecule is O=C1CC[C@@]23CC=CC[C@]12CCCC3. The van der Waals surface area contributed by atoms with Gasteiger partial charge in [0, 0.05) is 11.8 Å². The lowest BCUT2D eigenvalue weighted by Gasteiger charge is -2.50. The van der Waals surface area contributed by atoms with Crippen LogP contribution in [0.1, 0.15) is 51.4 Å². The number of Topliss-reactive ketones (excluding diaryl/α,β-unsaturated/α-hetero) is 1. The molecule has 0 aromatic rings. The quantitative estimate of drug-likeness (QED) is 0.536. The van der Waals surface area contributed by atoms with Crippen molar-refractivity contribution in [3.05, 3.63) is 12.2 Å². The third kappa shape index (κ3) is 0.838. The number of rotatable bonds is 0. The van der Waals surface area contributed by atoms with Crippen LogP contribution in [0.15, 0.2) is 12.2 Å². The minimum atomic E-state index is 0.0972. The molecule has 0 unspecified atom stereocenters. The molecule has 1 heteroatoms. The molecule has 2 fully saturated rings. The Morgan fingerprint density at radius 1 is 1.00 bits per heavy atom. The molecule has 2 saturated carbocycles. The van der Waals surface area contributed by atoms with Crippen LogP contribution in [-0.2, 0) is 4.79 Å². The molecule has 0 radical (unpaired) electrons. The molecule has 76 valence electrons. The molecule has 0 aliphatic heterocycles. The van der Waals surface area contributed by atoms with Gasteiger partial charge in [0.25, 0.3) is 0 Å². The highest BCUT2D eigenvalue weighted by Gasteiger charge is 2.59. The van der Waals surface area contributed by atoms with E-state index in [9.17, 15) is 4.79 Å². The molecular weight excluding hydrogens is 172 g/mol. The second-order valence-electron chi connectivity index (χ2n) is 5.37. The highest BCUT2D eigenvalue weighted by Crippen LogP contribution is 2.64. The molecule has 0 N–H and O–H groups in total. The molecular formula is C13H18O. The second-order valence-corrected chi connectivity index (χ2v) is 5.37. The van der Waals surface area contributed by atoms with E-state index >= 15 is 0 Å². The van der Waals surface area contributed by atoms with E-state index in [0.29, 0.717) is 11.2 Å². The van der Waals surface area contributed by atoms with Gasteiger partial charge >= 0.3 is 0 Å². The topological polar surface area (TPSA) is 17.1 Å². The lowest BCUT2D eigenvalue weighted by Crippen LogP contribution is -2.45. The first-order valence-corrected chi connectivity index (χ1v) is 5.98. The van der Waals surface area contributed by atoms with Crippen molar-refractivity contribution in [3.63, 3.8) is 0 Å². The summed E-state index contributed by atoms with van der Waals surface area (Å²) in [6.07, 6.45) is 14.0. The maximum Gasteiger partial charge on any atom is 0.139 e. The van der Waals surface area contributed by atoms with Gasteiger partial charge in [0.2, 0.25) is 0 Å². The highest BCUT2D eigenvalue weighted by atomic mass is 16.1. The summed E-state index contributed by atoms with van der Waals surface area (Å²) in [4.78, 5) is 12.1. The molecule has 14 heavy (non-hydrogen) atoms. The molecule has 3 aliphatic carbocycles. The Balaban J connectivity index is 2.09. The van der Waals surface area contributed by atoms with Crippen LogP contribution >= 0.6 is 0 Å². The van der Waals surface area contributed by atoms with E-state index in [-0.39, 0.29) is 5.41 Å². The van der Waals surface area contributed by atoms with E-state index in [1.54, 1.807) is 0 Å². The van der Waals surface area contributed by atoms with Gasteiger partial charge in [-0.2, -0.15) is 0 Å². The summed E-state index contributed by atoms with van der Waals surface area (Å²) in [7, 11) is 0. The van der Waals surface area contributed by atoms with Crippen LogP contribution in [0.4, 0.5) is 0 Å². The lowest BCUT2D eigenvalue weighted by molar-refractivity contribution is -0.133. The summed E-state index contributed by atoms with van der Waals surface area (Å²) in [6.45, 7) is 0. The van der Waals surface area contributed by atoms with Gasteiger partial charge in [0.05, 0.1) is 0 Å². The van der Waals surface area contributed by atoms with Crippen LogP contribution in [0.25, 0.3) is 0 Å². The molecule has 3 rings (SSSR count). The fraction of sp³-hybridized carbons (Fsp3) is 0.769. The van der Waals surface area contributed by atoms with Crippen LogP contribution in [0, 0.1) is 10.8 Å². The average molecular weight is 190 g/mol. The minimum absolute atomic E-state index is 0.0972. The minimum Gasteiger partial charge on any atom is -0.299 e. The summed E-state index contributed by atoms with van der Waals surface area (Å²) < 4.78 is 0. The van der Waals surface area contributed by atoms with Crippen molar-refractivity contribution < 1.29 is 4.79 Å². The van der Waals surface area contributed by atoms with E-state index < -0.39 is 0 Å². The average Bonchev–Trinajstić information content (AvgIpc) is 2.54. The van der Waals surface area contributed by atoms with Crippen molar-refractivity contribution in [2.24, 2.45) is 10.8 Å². The van der Waals surface area contributed by atoms with Crippen molar-refractivity contribution in [1.82, 2.24) is 0 Å². The van der Waals surface area contributed by atoms with Crippen molar-refractivity contribution in [3.8, 4) is 0 Å². The smallest absolute Gasteiger partial charge is 0.139 e. The Labute approximate surface area is 85.6 Å². The van der Waals surface area contributed by atoms with Gasteiger partial charge in [0.1, 0.15) is 5.78 Å². The largest absolute Gasteiger partial charge is 0.299 e. The molecule has 0 aromatic heterocycles. The Morgan fingerprint density at radius 3 is 2.64 bits per heavy atom. The predicted molar refractivity (Wildman–Crippen MR) is 55.9 cm³/mol. The molecule has 1 nitrogen and oxygen atoms in total. The maximum absolute atomic E-state index is 12.1. The zero-order valence-corrected chi connectivity index (χ0v) is 8.72. The van der Waals surface area contributed by atoms with Gasteiger partial charge in [0.15, 0.2) is 0 Å². The summed E-state index contributed by atoms with van der Waals surface area (Å²) in [5, 5.41) is 0. The molecule has 0 amide bonds. The van der Waals surface area contributed by atoms with E-state index in [4.69, 9.17) is 0 Å². The van der Waals surface area contributed by atoms with E-state index in [0.717, 1.165) is 12.8 Å². The van der Waals surface area contributed by atoms with Crippen molar-refractivity contribution >= 4 is 5.78 Å². The number of ketones is 1. The second kappa shape index (κ2) is 2.71. The third-order valence-electron chi connectivity index (χ3n) is 5.03. The molecule has 0 aromatic carbocycles. The molecule has 3 aliphatic rings. The van der Waals surface area contributed by atoms with Crippen molar-refractivity contribution in [2.45, 2.75) is 51.4 Å². The summed E-state index contributed by atoms with van der Waals surface area (Å²) >= 11 is 0. The third-order valence-corrected chi connectivity index (χ3v) is 5.03. The molecule has 0 spiro atoms. The van der Waals surface area contributed by atoms with E-state index in [1.807, 2.05) is 0 Å². The standard InChI is InChI=1S/C13H18O/c14-11-5-10-12-6-1-3-8-13(11,12)9-4-2-7-12/h1,3H,2,4-10H2/t12-,13-/m0/s1.